The highest BCUT2D eigenvalue weighted by molar-refractivity contribution is 6.24. The topological polar surface area (TPSA) is 0 Å². The molecule has 0 unspecified atom stereocenters. The molecule has 1 aliphatic carbocycles. The summed E-state index contributed by atoms with van der Waals surface area (Å²) in [6.45, 7) is 0. The van der Waals surface area contributed by atoms with Crippen LogP contribution in [0.5, 0.6) is 0 Å². The van der Waals surface area contributed by atoms with Gasteiger partial charge in [-0.25, -0.2) is 0 Å². The van der Waals surface area contributed by atoms with E-state index >= 15 is 0 Å². The predicted molar refractivity (Wildman–Crippen MR) is 57.1 cm³/mol. The molecule has 0 aromatic heterocycles. The van der Waals surface area contributed by atoms with E-state index < -0.39 is 0 Å². The van der Waals surface area contributed by atoms with Gasteiger partial charge in [-0.15, -0.1) is 11.6 Å². The van der Waals surface area contributed by atoms with Crippen molar-refractivity contribution in [1.82, 2.24) is 0 Å². The monoisotopic (exact) mass is 194 g/mol. The van der Waals surface area contributed by atoms with E-state index in [1.54, 1.807) is 0 Å². The minimum Gasteiger partial charge on any atom is -0.114 e. The molecule has 0 radical (unpaired) electrons. The van der Waals surface area contributed by atoms with Crippen LogP contribution in [0.1, 0.15) is 37.7 Å². The van der Waals surface area contributed by atoms with Crippen molar-refractivity contribution in [3.63, 3.8) is 0 Å². The standard InChI is InChI=1S/C12H15Cl/c13-12(9-5-2-6-10-12)11-7-3-1-4-8-11/h1,3-4,7-8H,2,5-6,9-10H2. The van der Waals surface area contributed by atoms with E-state index in [4.69, 9.17) is 11.6 Å². The summed E-state index contributed by atoms with van der Waals surface area (Å²) in [5.74, 6) is 0. The van der Waals surface area contributed by atoms with Crippen LogP contribution in [0.3, 0.4) is 0 Å². The second-order valence-electron chi connectivity index (χ2n) is 3.89. The van der Waals surface area contributed by atoms with Crippen LogP contribution in [0.4, 0.5) is 0 Å². The Balaban J connectivity index is 2.23. The lowest BCUT2D eigenvalue weighted by Crippen LogP contribution is -2.21. The van der Waals surface area contributed by atoms with Crippen LogP contribution < -0.4 is 0 Å². The Morgan fingerprint density at radius 2 is 1.54 bits per heavy atom. The van der Waals surface area contributed by atoms with Gasteiger partial charge >= 0.3 is 0 Å². The predicted octanol–water partition coefficient (Wildman–Crippen LogP) is 4.08. The van der Waals surface area contributed by atoms with Crippen LogP contribution in [-0.4, -0.2) is 0 Å². The smallest absolute Gasteiger partial charge is 0.0695 e. The summed E-state index contributed by atoms with van der Waals surface area (Å²) in [5, 5.41) is 0. The molecular weight excluding hydrogens is 180 g/mol. The van der Waals surface area contributed by atoms with Crippen molar-refractivity contribution in [1.29, 1.82) is 0 Å². The minimum absolute atomic E-state index is 0.0560. The highest BCUT2D eigenvalue weighted by Crippen LogP contribution is 2.42. The average Bonchev–Trinajstić information content (AvgIpc) is 2.20. The Bertz CT molecular complexity index is 260. The molecule has 70 valence electrons. The highest BCUT2D eigenvalue weighted by Gasteiger charge is 2.30. The number of hydrogen-bond acceptors (Lipinski definition) is 0. The van der Waals surface area contributed by atoms with Crippen molar-refractivity contribution in [2.45, 2.75) is 37.0 Å². The van der Waals surface area contributed by atoms with Gasteiger partial charge in [0.15, 0.2) is 0 Å². The fraction of sp³-hybridized carbons (Fsp3) is 0.500. The van der Waals surface area contributed by atoms with Gasteiger partial charge in [-0.1, -0.05) is 49.6 Å². The molecule has 0 saturated heterocycles. The summed E-state index contributed by atoms with van der Waals surface area (Å²) >= 11 is 6.60. The number of rotatable bonds is 1. The Hall–Kier alpha value is -0.490. The zero-order valence-electron chi connectivity index (χ0n) is 7.80. The van der Waals surface area contributed by atoms with Gasteiger partial charge in [-0.3, -0.25) is 0 Å². The third kappa shape index (κ3) is 1.88. The summed E-state index contributed by atoms with van der Waals surface area (Å²) in [6, 6.07) is 10.5. The highest BCUT2D eigenvalue weighted by atomic mass is 35.5. The molecule has 1 fully saturated rings. The van der Waals surface area contributed by atoms with Crippen LogP contribution in [0.15, 0.2) is 30.3 Å². The van der Waals surface area contributed by atoms with E-state index in [-0.39, 0.29) is 4.87 Å². The molecule has 0 bridgehead atoms. The zero-order valence-corrected chi connectivity index (χ0v) is 8.56. The lowest BCUT2D eigenvalue weighted by Gasteiger charge is -2.31. The largest absolute Gasteiger partial charge is 0.114 e. The molecule has 0 atom stereocenters. The van der Waals surface area contributed by atoms with Crippen molar-refractivity contribution in [2.24, 2.45) is 0 Å². The van der Waals surface area contributed by atoms with E-state index in [1.165, 1.54) is 24.8 Å². The molecule has 1 heteroatoms. The Kier molecular flexibility index (Phi) is 2.59. The third-order valence-corrected chi connectivity index (χ3v) is 3.53. The van der Waals surface area contributed by atoms with Crippen molar-refractivity contribution >= 4 is 11.6 Å². The summed E-state index contributed by atoms with van der Waals surface area (Å²) < 4.78 is 0. The molecule has 0 spiro atoms. The maximum absolute atomic E-state index is 6.60. The van der Waals surface area contributed by atoms with E-state index in [0.717, 1.165) is 12.8 Å². The summed E-state index contributed by atoms with van der Waals surface area (Å²) in [5.41, 5.74) is 1.30. The van der Waals surface area contributed by atoms with Crippen molar-refractivity contribution in [2.75, 3.05) is 0 Å². The first-order chi connectivity index (χ1) is 6.31. The molecule has 1 aliphatic rings. The quantitative estimate of drug-likeness (QED) is 0.591. The number of benzene rings is 1. The molecule has 0 heterocycles. The lowest BCUT2D eigenvalue weighted by molar-refractivity contribution is 0.399. The van der Waals surface area contributed by atoms with E-state index in [9.17, 15) is 0 Å². The summed E-state index contributed by atoms with van der Waals surface area (Å²) in [6.07, 6.45) is 6.18. The molecule has 0 N–H and O–H groups in total. The maximum Gasteiger partial charge on any atom is 0.0695 e. The molecule has 0 amide bonds. The van der Waals surface area contributed by atoms with Crippen molar-refractivity contribution in [3.8, 4) is 0 Å². The normalized spacial score (nSPS) is 21.3. The van der Waals surface area contributed by atoms with Gasteiger partial charge in [-0.05, 0) is 18.4 Å². The Labute approximate surface area is 84.9 Å². The first-order valence-electron chi connectivity index (χ1n) is 5.06. The van der Waals surface area contributed by atoms with Gasteiger partial charge in [0, 0.05) is 0 Å². The number of alkyl halides is 1. The second-order valence-corrected chi connectivity index (χ2v) is 4.62. The third-order valence-electron chi connectivity index (χ3n) is 2.94. The molecule has 13 heavy (non-hydrogen) atoms. The van der Waals surface area contributed by atoms with Gasteiger partial charge in [0.25, 0.3) is 0 Å². The minimum atomic E-state index is -0.0560. The molecule has 2 rings (SSSR count). The van der Waals surface area contributed by atoms with Gasteiger partial charge < -0.3 is 0 Å². The first kappa shape index (κ1) is 9.08. The number of hydrogen-bond donors (Lipinski definition) is 0. The van der Waals surface area contributed by atoms with Crippen molar-refractivity contribution < 1.29 is 0 Å². The molecule has 0 aliphatic heterocycles. The van der Waals surface area contributed by atoms with Crippen molar-refractivity contribution in [3.05, 3.63) is 35.9 Å². The van der Waals surface area contributed by atoms with Crippen LogP contribution >= 0.6 is 11.6 Å². The maximum atomic E-state index is 6.60. The molecular formula is C12H15Cl. The summed E-state index contributed by atoms with van der Waals surface area (Å²) in [4.78, 5) is -0.0560. The van der Waals surface area contributed by atoms with E-state index in [0.29, 0.717) is 0 Å². The van der Waals surface area contributed by atoms with Crippen LogP contribution in [0.25, 0.3) is 0 Å². The Morgan fingerprint density at radius 1 is 0.923 bits per heavy atom. The zero-order chi connectivity index (χ0) is 9.15. The van der Waals surface area contributed by atoms with Gasteiger partial charge in [-0.2, -0.15) is 0 Å². The van der Waals surface area contributed by atoms with Gasteiger partial charge in [0.2, 0.25) is 0 Å². The van der Waals surface area contributed by atoms with Gasteiger partial charge in [0.05, 0.1) is 4.87 Å². The first-order valence-corrected chi connectivity index (χ1v) is 5.43. The van der Waals surface area contributed by atoms with E-state index in [1.807, 2.05) is 6.07 Å². The fourth-order valence-corrected chi connectivity index (χ4v) is 2.53. The molecule has 1 aromatic carbocycles. The van der Waals surface area contributed by atoms with Gasteiger partial charge in [0.1, 0.15) is 0 Å². The Morgan fingerprint density at radius 3 is 2.15 bits per heavy atom. The average molecular weight is 195 g/mol. The fourth-order valence-electron chi connectivity index (χ4n) is 2.14. The molecule has 1 saturated carbocycles. The van der Waals surface area contributed by atoms with Crippen LogP contribution in [0.2, 0.25) is 0 Å². The molecule has 0 nitrogen and oxygen atoms in total. The van der Waals surface area contributed by atoms with E-state index in [2.05, 4.69) is 24.3 Å². The summed E-state index contributed by atoms with van der Waals surface area (Å²) in [7, 11) is 0. The molecule has 1 aromatic rings. The van der Waals surface area contributed by atoms with Crippen LogP contribution in [-0.2, 0) is 4.87 Å². The second kappa shape index (κ2) is 3.71. The lowest BCUT2D eigenvalue weighted by atomic mass is 9.83. The number of halogens is 1. The SMILES string of the molecule is ClC1(c2ccccc2)CCCCC1. The van der Waals surface area contributed by atoms with Crippen LogP contribution in [0, 0.1) is 0 Å².